The van der Waals surface area contributed by atoms with Crippen LogP contribution in [0.1, 0.15) is 37.2 Å². The van der Waals surface area contributed by atoms with Crippen molar-refractivity contribution >= 4 is 23.0 Å². The van der Waals surface area contributed by atoms with Crippen LogP contribution in [-0.2, 0) is 0 Å². The molecule has 2 aromatic heterocycles. The lowest BCUT2D eigenvalue weighted by atomic mass is 10.1. The molecule has 5 heteroatoms. The largest absolute Gasteiger partial charge is 0.383 e. The van der Waals surface area contributed by atoms with Crippen LogP contribution in [0.2, 0.25) is 0 Å². The zero-order valence-corrected chi connectivity index (χ0v) is 11.6. The monoisotopic (exact) mass is 286 g/mol. The summed E-state index contributed by atoms with van der Waals surface area (Å²) in [6.45, 7) is 7.14. The molecule has 21 heavy (non-hydrogen) atoms. The Bertz CT molecular complexity index is 568. The third-order valence-electron chi connectivity index (χ3n) is 2.52. The number of nitrogens with zero attached hydrogens (tertiary/aromatic N) is 2. The molecule has 0 fully saturated rings. The summed E-state index contributed by atoms with van der Waals surface area (Å²) in [5, 5.41) is 0. The number of allylic oxidation sites excluding steroid dienone is 1. The maximum atomic E-state index is 10.7. The molecule has 0 aliphatic carbocycles. The standard InChI is InChI=1S/C8H10N2.C7H8N2O.CH4/c1-6(2)7-4-3-5-10-8(7)9;1-5(10)6-3-2-4-9-7(6)8;/h3-5H,1H2,2H3,(H2,9,10);2-4H,1H3,(H2,8,9);1H4. The van der Waals surface area contributed by atoms with Gasteiger partial charge in [0.05, 0.1) is 5.56 Å². The van der Waals surface area contributed by atoms with E-state index in [0.717, 1.165) is 11.1 Å². The van der Waals surface area contributed by atoms with E-state index < -0.39 is 0 Å². The Morgan fingerprint density at radius 2 is 1.43 bits per heavy atom. The Labute approximate surface area is 125 Å². The van der Waals surface area contributed by atoms with Gasteiger partial charge in [0, 0.05) is 18.0 Å². The van der Waals surface area contributed by atoms with E-state index in [1.807, 2.05) is 19.1 Å². The first-order chi connectivity index (χ1) is 9.43. The van der Waals surface area contributed by atoms with Crippen molar-refractivity contribution in [3.05, 3.63) is 54.4 Å². The Morgan fingerprint density at radius 3 is 1.67 bits per heavy atom. The minimum Gasteiger partial charge on any atom is -0.383 e. The fourth-order valence-corrected chi connectivity index (χ4v) is 1.49. The summed E-state index contributed by atoms with van der Waals surface area (Å²) < 4.78 is 0. The van der Waals surface area contributed by atoms with Crippen molar-refractivity contribution in [1.29, 1.82) is 0 Å². The number of carbonyl (C=O) groups is 1. The van der Waals surface area contributed by atoms with Crippen LogP contribution < -0.4 is 11.5 Å². The van der Waals surface area contributed by atoms with Crippen molar-refractivity contribution in [3.63, 3.8) is 0 Å². The number of anilines is 2. The molecule has 2 aromatic rings. The van der Waals surface area contributed by atoms with E-state index in [4.69, 9.17) is 11.5 Å². The van der Waals surface area contributed by atoms with Crippen LogP contribution in [0.4, 0.5) is 11.6 Å². The van der Waals surface area contributed by atoms with Crippen LogP contribution in [-0.4, -0.2) is 15.8 Å². The van der Waals surface area contributed by atoms with Crippen LogP contribution in [0.15, 0.2) is 43.2 Å². The van der Waals surface area contributed by atoms with Crippen molar-refractivity contribution in [2.24, 2.45) is 0 Å². The van der Waals surface area contributed by atoms with Gasteiger partial charge in [0.15, 0.2) is 5.78 Å². The molecule has 0 aliphatic heterocycles. The molecule has 4 N–H and O–H groups in total. The number of carbonyl (C=O) groups excluding carboxylic acids is 1. The number of ketones is 1. The molecule has 0 bridgehead atoms. The Kier molecular flexibility index (Phi) is 7.39. The van der Waals surface area contributed by atoms with Crippen molar-refractivity contribution in [1.82, 2.24) is 9.97 Å². The highest BCUT2D eigenvalue weighted by atomic mass is 16.1. The second kappa shape index (κ2) is 8.47. The summed E-state index contributed by atoms with van der Waals surface area (Å²) >= 11 is 0. The van der Waals surface area contributed by atoms with Crippen molar-refractivity contribution in [3.8, 4) is 0 Å². The van der Waals surface area contributed by atoms with Crippen LogP contribution in [0, 0.1) is 0 Å². The fourth-order valence-electron chi connectivity index (χ4n) is 1.49. The molecular weight excluding hydrogens is 264 g/mol. The number of hydrogen-bond donors (Lipinski definition) is 2. The average Bonchev–Trinajstić information content (AvgIpc) is 2.40. The molecule has 0 saturated carbocycles. The number of pyridine rings is 2. The minimum atomic E-state index is -0.0504. The normalized spacial score (nSPS) is 8.86. The molecule has 0 radical (unpaired) electrons. The van der Waals surface area contributed by atoms with Gasteiger partial charge in [-0.15, -0.1) is 0 Å². The van der Waals surface area contributed by atoms with Crippen LogP contribution in [0.3, 0.4) is 0 Å². The maximum absolute atomic E-state index is 10.7. The van der Waals surface area contributed by atoms with Gasteiger partial charge in [-0.3, -0.25) is 4.79 Å². The Balaban J connectivity index is 0.000000364. The molecule has 2 heterocycles. The molecule has 0 atom stereocenters. The predicted octanol–water partition coefficient (Wildman–Crippen LogP) is 3.20. The number of aromatic nitrogens is 2. The van der Waals surface area contributed by atoms with Gasteiger partial charge >= 0.3 is 0 Å². The number of nitrogens with two attached hydrogens (primary N) is 2. The smallest absolute Gasteiger partial charge is 0.163 e. The first-order valence-corrected chi connectivity index (χ1v) is 6.01. The van der Waals surface area contributed by atoms with Gasteiger partial charge < -0.3 is 11.5 Å². The van der Waals surface area contributed by atoms with E-state index in [9.17, 15) is 4.79 Å². The van der Waals surface area contributed by atoms with E-state index >= 15 is 0 Å². The van der Waals surface area contributed by atoms with Crippen LogP contribution in [0.25, 0.3) is 5.57 Å². The van der Waals surface area contributed by atoms with Gasteiger partial charge in [0.1, 0.15) is 11.6 Å². The summed E-state index contributed by atoms with van der Waals surface area (Å²) in [7, 11) is 0. The van der Waals surface area contributed by atoms with Gasteiger partial charge in [-0.05, 0) is 43.7 Å². The zero-order chi connectivity index (χ0) is 15.1. The highest BCUT2D eigenvalue weighted by molar-refractivity contribution is 5.98. The van der Waals surface area contributed by atoms with Crippen molar-refractivity contribution < 1.29 is 4.79 Å². The predicted molar refractivity (Wildman–Crippen MR) is 88.7 cm³/mol. The molecule has 112 valence electrons. The number of nitrogen functional groups attached to an aromatic ring is 2. The van der Waals surface area contributed by atoms with Gasteiger partial charge in [-0.25, -0.2) is 9.97 Å². The highest BCUT2D eigenvalue weighted by Crippen LogP contribution is 2.15. The lowest BCUT2D eigenvalue weighted by Gasteiger charge is -2.00. The quantitative estimate of drug-likeness (QED) is 0.827. The average molecular weight is 286 g/mol. The molecular formula is C16H22N4O. The summed E-state index contributed by atoms with van der Waals surface area (Å²) in [4.78, 5) is 18.4. The topological polar surface area (TPSA) is 94.9 Å². The van der Waals surface area contributed by atoms with Crippen molar-refractivity contribution in [2.45, 2.75) is 21.3 Å². The van der Waals surface area contributed by atoms with Gasteiger partial charge in [0.25, 0.3) is 0 Å². The van der Waals surface area contributed by atoms with E-state index in [-0.39, 0.29) is 13.2 Å². The third-order valence-corrected chi connectivity index (χ3v) is 2.52. The molecule has 5 nitrogen and oxygen atoms in total. The first kappa shape index (κ1) is 18.3. The number of hydrogen-bond acceptors (Lipinski definition) is 5. The van der Waals surface area contributed by atoms with Gasteiger partial charge in [0.2, 0.25) is 0 Å². The SMILES string of the molecule is C.C=C(C)c1cccnc1N.CC(=O)c1cccnc1N. The molecule has 0 aliphatic rings. The summed E-state index contributed by atoms with van der Waals surface area (Å²) in [5.41, 5.74) is 13.3. The number of Topliss-reactive ketones (excluding diaryl/α,β-unsaturated/α-hetero) is 1. The summed E-state index contributed by atoms with van der Waals surface area (Å²) in [6.07, 6.45) is 3.23. The van der Waals surface area contributed by atoms with Crippen molar-refractivity contribution in [2.75, 3.05) is 11.5 Å². The zero-order valence-electron chi connectivity index (χ0n) is 11.6. The molecule has 2 rings (SSSR count). The first-order valence-electron chi connectivity index (χ1n) is 6.01. The fraction of sp³-hybridized carbons (Fsp3) is 0.188. The number of rotatable bonds is 2. The summed E-state index contributed by atoms with van der Waals surface area (Å²) in [5.74, 6) is 0.801. The van der Waals surface area contributed by atoms with E-state index in [0.29, 0.717) is 17.2 Å². The van der Waals surface area contributed by atoms with Crippen LogP contribution in [0.5, 0.6) is 0 Å². The summed E-state index contributed by atoms with van der Waals surface area (Å²) in [6, 6.07) is 7.10. The molecule has 0 amide bonds. The second-order valence-electron chi connectivity index (χ2n) is 4.21. The minimum absolute atomic E-state index is 0. The van der Waals surface area contributed by atoms with Crippen LogP contribution >= 0.6 is 0 Å². The van der Waals surface area contributed by atoms with Gasteiger partial charge in [-0.1, -0.05) is 14.0 Å². The molecule has 0 unspecified atom stereocenters. The molecule has 0 spiro atoms. The molecule has 0 aromatic carbocycles. The van der Waals surface area contributed by atoms with E-state index in [1.54, 1.807) is 24.5 Å². The molecule has 0 saturated heterocycles. The second-order valence-corrected chi connectivity index (χ2v) is 4.21. The third kappa shape index (κ3) is 5.44. The Morgan fingerprint density at radius 1 is 1.00 bits per heavy atom. The van der Waals surface area contributed by atoms with Gasteiger partial charge in [-0.2, -0.15) is 0 Å². The Hall–Kier alpha value is -2.69. The van der Waals surface area contributed by atoms with E-state index in [2.05, 4.69) is 16.5 Å². The maximum Gasteiger partial charge on any atom is 0.163 e. The highest BCUT2D eigenvalue weighted by Gasteiger charge is 2.02. The van der Waals surface area contributed by atoms with E-state index in [1.165, 1.54) is 6.92 Å². The lowest BCUT2D eigenvalue weighted by molar-refractivity contribution is 0.101. The lowest BCUT2D eigenvalue weighted by Crippen LogP contribution is -2.00.